The number of hydrogen-bond donors (Lipinski definition) is 1. The third-order valence-corrected chi connectivity index (χ3v) is 6.35. The van der Waals surface area contributed by atoms with E-state index in [0.29, 0.717) is 16.2 Å². The minimum atomic E-state index is -4.30. The van der Waals surface area contributed by atoms with E-state index in [1.165, 1.54) is 12.3 Å². The standard InChI is InChI=1S/C19H19ClF2N4O6S/c1-25(2)33(29,30)24-19(28)12-8-14(21)16(17(15(12)22)31-10-27)32-11-7-13(20)18(23-9-11)26-5-3-4-6-26/h7-10H,3-6H2,1-2H3,(H,24,28). The largest absolute Gasteiger partial charge is 0.449 e. The number of benzene rings is 1. The molecule has 0 atom stereocenters. The second-order valence-corrected chi connectivity index (χ2v) is 9.38. The lowest BCUT2D eigenvalue weighted by Crippen LogP contribution is -2.39. The van der Waals surface area contributed by atoms with Gasteiger partial charge in [-0.2, -0.15) is 12.7 Å². The molecule has 178 valence electrons. The molecule has 1 aromatic heterocycles. The maximum Gasteiger partial charge on any atom is 0.303 e. The van der Waals surface area contributed by atoms with Gasteiger partial charge in [-0.25, -0.2) is 18.5 Å². The van der Waals surface area contributed by atoms with Gasteiger partial charge in [0, 0.05) is 33.3 Å². The minimum absolute atomic E-state index is 0.0932. The maximum absolute atomic E-state index is 14.9. The molecule has 1 amide bonds. The summed E-state index contributed by atoms with van der Waals surface area (Å²) in [7, 11) is -2.05. The van der Waals surface area contributed by atoms with E-state index >= 15 is 0 Å². The van der Waals surface area contributed by atoms with Crippen LogP contribution in [0, 0.1) is 11.6 Å². The van der Waals surface area contributed by atoms with Crippen LogP contribution < -0.4 is 19.1 Å². The highest BCUT2D eigenvalue weighted by Crippen LogP contribution is 2.39. The van der Waals surface area contributed by atoms with Crippen LogP contribution >= 0.6 is 11.6 Å². The van der Waals surface area contributed by atoms with Crippen molar-refractivity contribution in [2.24, 2.45) is 0 Å². The maximum atomic E-state index is 14.9. The molecule has 0 spiro atoms. The molecule has 1 N–H and O–H groups in total. The summed E-state index contributed by atoms with van der Waals surface area (Å²) in [5.41, 5.74) is -1.03. The smallest absolute Gasteiger partial charge is 0.303 e. The van der Waals surface area contributed by atoms with Gasteiger partial charge in [-0.15, -0.1) is 0 Å². The number of nitrogens with zero attached hydrogens (tertiary/aromatic N) is 3. The number of pyridine rings is 1. The molecule has 3 rings (SSSR count). The van der Waals surface area contributed by atoms with E-state index in [-0.39, 0.29) is 17.2 Å². The molecule has 10 nitrogen and oxygen atoms in total. The Labute approximate surface area is 193 Å². The summed E-state index contributed by atoms with van der Waals surface area (Å²) in [6, 6.07) is 1.74. The van der Waals surface area contributed by atoms with Gasteiger partial charge in [0.05, 0.1) is 16.8 Å². The van der Waals surface area contributed by atoms with Crippen LogP contribution in [-0.4, -0.2) is 57.3 Å². The highest BCUT2D eigenvalue weighted by molar-refractivity contribution is 7.87. The van der Waals surface area contributed by atoms with Crippen molar-refractivity contribution in [1.82, 2.24) is 14.0 Å². The van der Waals surface area contributed by atoms with Gasteiger partial charge >= 0.3 is 10.2 Å². The Bertz CT molecular complexity index is 1190. The zero-order valence-corrected chi connectivity index (χ0v) is 19.0. The Balaban J connectivity index is 1.96. The fourth-order valence-electron chi connectivity index (χ4n) is 3.01. The van der Waals surface area contributed by atoms with Crippen molar-refractivity contribution in [2.75, 3.05) is 32.1 Å². The number of hydrogen-bond acceptors (Lipinski definition) is 8. The zero-order chi connectivity index (χ0) is 24.3. The molecule has 0 bridgehead atoms. The Morgan fingerprint density at radius 1 is 1.24 bits per heavy atom. The van der Waals surface area contributed by atoms with Gasteiger partial charge in [0.2, 0.25) is 11.5 Å². The lowest BCUT2D eigenvalue weighted by molar-refractivity contribution is -0.121. The van der Waals surface area contributed by atoms with Crippen LogP contribution in [0.5, 0.6) is 17.2 Å². The summed E-state index contributed by atoms with van der Waals surface area (Å²) in [6.07, 6.45) is 3.21. The van der Waals surface area contributed by atoms with E-state index in [0.717, 1.165) is 40.0 Å². The molecule has 0 radical (unpaired) electrons. The number of anilines is 1. The normalized spacial score (nSPS) is 13.8. The third-order valence-electron chi connectivity index (χ3n) is 4.67. The predicted molar refractivity (Wildman–Crippen MR) is 114 cm³/mol. The number of amides is 1. The molecule has 14 heteroatoms. The van der Waals surface area contributed by atoms with E-state index in [1.54, 1.807) is 4.72 Å². The van der Waals surface area contributed by atoms with Crippen LogP contribution in [0.15, 0.2) is 18.3 Å². The number of aromatic nitrogens is 1. The van der Waals surface area contributed by atoms with E-state index in [9.17, 15) is 26.8 Å². The Kier molecular flexibility index (Phi) is 7.34. The molecular formula is C19H19ClF2N4O6S. The van der Waals surface area contributed by atoms with Crippen LogP contribution in [0.3, 0.4) is 0 Å². The van der Waals surface area contributed by atoms with Crippen LogP contribution in [-0.2, 0) is 15.0 Å². The fraction of sp³-hybridized carbons (Fsp3) is 0.316. The van der Waals surface area contributed by atoms with Gasteiger partial charge in [0.25, 0.3) is 12.4 Å². The molecule has 1 fully saturated rings. The summed E-state index contributed by atoms with van der Waals surface area (Å²) in [4.78, 5) is 29.3. The zero-order valence-electron chi connectivity index (χ0n) is 17.5. The molecule has 2 heterocycles. The van der Waals surface area contributed by atoms with Crippen molar-refractivity contribution in [3.8, 4) is 17.2 Å². The molecule has 0 unspecified atom stereocenters. The second-order valence-electron chi connectivity index (χ2n) is 7.08. The highest BCUT2D eigenvalue weighted by Gasteiger charge is 2.29. The third kappa shape index (κ3) is 5.31. The SMILES string of the molecule is CN(C)S(=O)(=O)NC(=O)c1cc(F)c(Oc2cnc(N3CCCC3)c(Cl)c2)c(OC=O)c1F. The Morgan fingerprint density at radius 2 is 1.91 bits per heavy atom. The molecule has 33 heavy (non-hydrogen) atoms. The predicted octanol–water partition coefficient (Wildman–Crippen LogP) is 2.48. The van der Waals surface area contributed by atoms with Gasteiger partial charge < -0.3 is 14.4 Å². The summed E-state index contributed by atoms with van der Waals surface area (Å²) in [6.45, 7) is 1.35. The molecule has 0 saturated carbocycles. The summed E-state index contributed by atoms with van der Waals surface area (Å²) < 4.78 is 65.4. The quantitative estimate of drug-likeness (QED) is 0.545. The minimum Gasteiger partial charge on any atom is -0.449 e. The van der Waals surface area contributed by atoms with Crippen molar-refractivity contribution in [3.63, 3.8) is 0 Å². The first-order valence-corrected chi connectivity index (χ1v) is 11.3. The first-order valence-electron chi connectivity index (χ1n) is 9.50. The van der Waals surface area contributed by atoms with Crippen molar-refractivity contribution < 1.29 is 36.3 Å². The number of nitrogens with one attached hydrogen (secondary N) is 1. The van der Waals surface area contributed by atoms with Crippen molar-refractivity contribution in [2.45, 2.75) is 12.8 Å². The first kappa shape index (κ1) is 24.6. The molecule has 1 aromatic carbocycles. The monoisotopic (exact) mass is 504 g/mol. The second kappa shape index (κ2) is 9.85. The lowest BCUT2D eigenvalue weighted by Gasteiger charge is -2.19. The van der Waals surface area contributed by atoms with Gasteiger partial charge in [-0.3, -0.25) is 9.59 Å². The van der Waals surface area contributed by atoms with Gasteiger partial charge in [-0.05, 0) is 18.9 Å². The Hall–Kier alpha value is -3.03. The fourth-order valence-corrected chi connectivity index (χ4v) is 3.81. The average molecular weight is 505 g/mol. The van der Waals surface area contributed by atoms with E-state index in [4.69, 9.17) is 16.3 Å². The van der Waals surface area contributed by atoms with Gasteiger partial charge in [0.15, 0.2) is 11.6 Å². The van der Waals surface area contributed by atoms with Crippen molar-refractivity contribution in [3.05, 3.63) is 40.6 Å². The topological polar surface area (TPSA) is 118 Å². The Morgan fingerprint density at radius 3 is 2.48 bits per heavy atom. The molecule has 1 saturated heterocycles. The van der Waals surface area contributed by atoms with Crippen LogP contribution in [0.25, 0.3) is 0 Å². The van der Waals surface area contributed by atoms with E-state index in [1.807, 2.05) is 4.90 Å². The van der Waals surface area contributed by atoms with Gasteiger partial charge in [0.1, 0.15) is 11.6 Å². The highest BCUT2D eigenvalue weighted by atomic mass is 35.5. The molecule has 1 aliphatic rings. The van der Waals surface area contributed by atoms with Gasteiger partial charge in [-0.1, -0.05) is 11.6 Å². The molecule has 0 aliphatic carbocycles. The van der Waals surface area contributed by atoms with E-state index < -0.39 is 44.8 Å². The number of carbonyl (C=O) groups is 2. The number of halogens is 3. The van der Waals surface area contributed by atoms with Crippen molar-refractivity contribution >= 4 is 40.0 Å². The van der Waals surface area contributed by atoms with Crippen LogP contribution in [0.4, 0.5) is 14.6 Å². The van der Waals surface area contributed by atoms with E-state index in [2.05, 4.69) is 9.72 Å². The first-order chi connectivity index (χ1) is 15.5. The summed E-state index contributed by atoms with van der Waals surface area (Å²) in [5.74, 6) is -5.81. The average Bonchev–Trinajstić information content (AvgIpc) is 3.27. The summed E-state index contributed by atoms with van der Waals surface area (Å²) >= 11 is 6.25. The molecule has 2 aromatic rings. The van der Waals surface area contributed by atoms with Crippen LogP contribution in [0.2, 0.25) is 5.02 Å². The number of carbonyl (C=O) groups excluding carboxylic acids is 2. The molecule has 1 aliphatic heterocycles. The van der Waals surface area contributed by atoms with Crippen molar-refractivity contribution in [1.29, 1.82) is 0 Å². The number of rotatable bonds is 8. The molecular weight excluding hydrogens is 486 g/mol. The number of ether oxygens (including phenoxy) is 2. The lowest BCUT2D eigenvalue weighted by atomic mass is 10.1. The van der Waals surface area contributed by atoms with Crippen LogP contribution in [0.1, 0.15) is 23.2 Å². The summed E-state index contributed by atoms with van der Waals surface area (Å²) in [5, 5.41) is 0.207.